The van der Waals surface area contributed by atoms with Crippen molar-refractivity contribution in [3.8, 4) is 0 Å². The Balaban J connectivity index is 2.02. The van der Waals surface area contributed by atoms with Gasteiger partial charge < -0.3 is 10.0 Å². The molecule has 0 amide bonds. The molecule has 4 heteroatoms. The molecule has 2 aromatic rings. The average molecular weight is 284 g/mol. The average Bonchev–Trinajstić information content (AvgIpc) is 2.53. The molecule has 0 saturated carbocycles. The number of nitrogens with zero attached hydrogens (tertiary/aromatic N) is 2. The van der Waals surface area contributed by atoms with Gasteiger partial charge in [0, 0.05) is 23.8 Å². The van der Waals surface area contributed by atoms with Crippen molar-refractivity contribution in [1.82, 2.24) is 4.98 Å². The van der Waals surface area contributed by atoms with E-state index in [9.17, 15) is 9.90 Å². The number of aliphatic carboxylic acids is 1. The summed E-state index contributed by atoms with van der Waals surface area (Å²) in [5, 5.41) is 10.6. The highest BCUT2D eigenvalue weighted by Crippen LogP contribution is 2.33. The normalized spacial score (nSPS) is 22.4. The van der Waals surface area contributed by atoms with Crippen LogP contribution in [0.2, 0.25) is 0 Å². The third-order valence-electron chi connectivity index (χ3n) is 4.51. The molecule has 1 fully saturated rings. The molecule has 3 rings (SSSR count). The molecule has 0 radical (unpaired) electrons. The lowest BCUT2D eigenvalue weighted by Gasteiger charge is -2.39. The molecule has 2 heterocycles. The number of piperidine rings is 1. The van der Waals surface area contributed by atoms with Crippen molar-refractivity contribution >= 4 is 22.6 Å². The number of hydrogen-bond donors (Lipinski definition) is 1. The third-order valence-corrected chi connectivity index (χ3v) is 4.51. The van der Waals surface area contributed by atoms with E-state index < -0.39 is 12.0 Å². The molecule has 2 atom stereocenters. The van der Waals surface area contributed by atoms with Gasteiger partial charge in [-0.15, -0.1) is 0 Å². The summed E-state index contributed by atoms with van der Waals surface area (Å²) in [5.41, 5.74) is 1.90. The maximum absolute atomic E-state index is 11.7. The van der Waals surface area contributed by atoms with E-state index in [1.165, 1.54) is 0 Å². The number of carboxylic acids is 1. The van der Waals surface area contributed by atoms with Gasteiger partial charge in [0.25, 0.3) is 0 Å². The zero-order chi connectivity index (χ0) is 14.8. The summed E-state index contributed by atoms with van der Waals surface area (Å²) in [6, 6.07) is 9.41. The van der Waals surface area contributed by atoms with Gasteiger partial charge in [0.1, 0.15) is 6.04 Å². The lowest BCUT2D eigenvalue weighted by Crippen LogP contribution is -2.47. The molecular weight excluding hydrogens is 264 g/mol. The first-order valence-electron chi connectivity index (χ1n) is 7.54. The number of carbonyl (C=O) groups is 1. The molecule has 0 bridgehead atoms. The first kappa shape index (κ1) is 13.9. The molecule has 1 saturated heterocycles. The highest BCUT2D eigenvalue weighted by molar-refractivity contribution is 5.93. The number of para-hydroxylation sites is 1. The molecule has 4 nitrogen and oxygen atoms in total. The van der Waals surface area contributed by atoms with Gasteiger partial charge >= 0.3 is 5.97 Å². The van der Waals surface area contributed by atoms with Crippen molar-refractivity contribution in [1.29, 1.82) is 0 Å². The number of benzene rings is 1. The van der Waals surface area contributed by atoms with E-state index in [1.54, 1.807) is 6.20 Å². The van der Waals surface area contributed by atoms with E-state index in [4.69, 9.17) is 0 Å². The molecule has 1 aliphatic rings. The Morgan fingerprint density at radius 3 is 2.95 bits per heavy atom. The van der Waals surface area contributed by atoms with Crippen LogP contribution in [-0.2, 0) is 4.79 Å². The summed E-state index contributed by atoms with van der Waals surface area (Å²) in [5.74, 6) is -0.218. The summed E-state index contributed by atoms with van der Waals surface area (Å²) in [4.78, 5) is 18.1. The molecule has 1 aromatic carbocycles. The van der Waals surface area contributed by atoms with Crippen LogP contribution in [0.5, 0.6) is 0 Å². The van der Waals surface area contributed by atoms with Crippen molar-refractivity contribution in [3.63, 3.8) is 0 Å². The van der Waals surface area contributed by atoms with Crippen LogP contribution < -0.4 is 4.90 Å². The number of pyridine rings is 1. The Kier molecular flexibility index (Phi) is 3.78. The molecule has 0 aliphatic carbocycles. The van der Waals surface area contributed by atoms with Crippen LogP contribution in [0.25, 0.3) is 10.9 Å². The lowest BCUT2D eigenvalue weighted by molar-refractivity contribution is -0.139. The Hall–Kier alpha value is -2.10. The largest absolute Gasteiger partial charge is 0.480 e. The molecule has 21 heavy (non-hydrogen) atoms. The van der Waals surface area contributed by atoms with Gasteiger partial charge in [-0.3, -0.25) is 4.98 Å². The fourth-order valence-electron chi connectivity index (χ4n) is 3.26. The van der Waals surface area contributed by atoms with E-state index in [1.807, 2.05) is 35.2 Å². The molecule has 110 valence electrons. The van der Waals surface area contributed by atoms with Gasteiger partial charge in [0.2, 0.25) is 0 Å². The van der Waals surface area contributed by atoms with Gasteiger partial charge in [-0.1, -0.05) is 31.5 Å². The fourth-order valence-corrected chi connectivity index (χ4v) is 3.26. The second-order valence-corrected chi connectivity index (χ2v) is 5.69. The number of anilines is 1. The molecule has 1 N–H and O–H groups in total. The van der Waals surface area contributed by atoms with E-state index in [0.29, 0.717) is 5.92 Å². The van der Waals surface area contributed by atoms with Gasteiger partial charge in [-0.25, -0.2) is 4.79 Å². The Bertz CT molecular complexity index is 651. The first-order chi connectivity index (χ1) is 10.2. The van der Waals surface area contributed by atoms with Crippen molar-refractivity contribution in [3.05, 3.63) is 36.5 Å². The fraction of sp³-hybridized carbons (Fsp3) is 0.412. The number of carboxylic acid groups (broad SMARTS) is 1. The molecule has 1 aromatic heterocycles. The SMILES string of the molecule is CCC1CCN(c2ccnc3ccccc23)C(C(=O)O)C1. The Morgan fingerprint density at radius 2 is 2.19 bits per heavy atom. The predicted octanol–water partition coefficient (Wildman–Crippen LogP) is 3.31. The van der Waals surface area contributed by atoms with E-state index in [0.717, 1.165) is 42.4 Å². The van der Waals surface area contributed by atoms with Crippen molar-refractivity contribution in [2.24, 2.45) is 5.92 Å². The Morgan fingerprint density at radius 1 is 1.38 bits per heavy atom. The number of aromatic nitrogens is 1. The van der Waals surface area contributed by atoms with E-state index >= 15 is 0 Å². The van der Waals surface area contributed by atoms with Crippen LogP contribution in [0.4, 0.5) is 5.69 Å². The summed E-state index contributed by atoms with van der Waals surface area (Å²) in [7, 11) is 0. The molecular formula is C17H20N2O2. The quantitative estimate of drug-likeness (QED) is 0.939. The highest BCUT2D eigenvalue weighted by Gasteiger charge is 2.33. The minimum Gasteiger partial charge on any atom is -0.480 e. The minimum absolute atomic E-state index is 0.436. The first-order valence-corrected chi connectivity index (χ1v) is 7.54. The predicted molar refractivity (Wildman–Crippen MR) is 83.5 cm³/mol. The number of hydrogen-bond acceptors (Lipinski definition) is 3. The van der Waals surface area contributed by atoms with Gasteiger partial charge in [-0.05, 0) is 30.9 Å². The lowest BCUT2D eigenvalue weighted by atomic mass is 9.88. The smallest absolute Gasteiger partial charge is 0.326 e. The van der Waals surface area contributed by atoms with Crippen LogP contribution in [0.3, 0.4) is 0 Å². The molecule has 0 spiro atoms. The highest BCUT2D eigenvalue weighted by atomic mass is 16.4. The van der Waals surface area contributed by atoms with Gasteiger partial charge in [-0.2, -0.15) is 0 Å². The maximum Gasteiger partial charge on any atom is 0.326 e. The second-order valence-electron chi connectivity index (χ2n) is 5.69. The van der Waals surface area contributed by atoms with Crippen LogP contribution in [0.15, 0.2) is 36.5 Å². The zero-order valence-electron chi connectivity index (χ0n) is 12.2. The third kappa shape index (κ3) is 2.58. The standard InChI is InChI=1S/C17H20N2O2/c1-2-12-8-10-19(16(11-12)17(20)21)15-7-9-18-14-6-4-3-5-13(14)15/h3-7,9,12,16H,2,8,10-11H2,1H3,(H,20,21). The Labute approximate surface area is 124 Å². The second kappa shape index (κ2) is 5.72. The van der Waals surface area contributed by atoms with Gasteiger partial charge in [0.15, 0.2) is 0 Å². The minimum atomic E-state index is -0.728. The maximum atomic E-state index is 11.7. The van der Waals surface area contributed by atoms with E-state index in [-0.39, 0.29) is 0 Å². The van der Waals surface area contributed by atoms with E-state index in [2.05, 4.69) is 11.9 Å². The molecule has 1 aliphatic heterocycles. The van der Waals surface area contributed by atoms with Crippen molar-refractivity contribution < 1.29 is 9.90 Å². The summed E-state index contributed by atoms with van der Waals surface area (Å²) < 4.78 is 0. The monoisotopic (exact) mass is 284 g/mol. The van der Waals surface area contributed by atoms with Gasteiger partial charge in [0.05, 0.1) is 5.52 Å². The summed E-state index contributed by atoms with van der Waals surface area (Å²) in [6.45, 7) is 2.94. The van der Waals surface area contributed by atoms with Crippen molar-refractivity contribution in [2.75, 3.05) is 11.4 Å². The summed E-state index contributed by atoms with van der Waals surface area (Å²) >= 11 is 0. The molecule has 2 unspecified atom stereocenters. The van der Waals surface area contributed by atoms with Crippen LogP contribution in [0.1, 0.15) is 26.2 Å². The topological polar surface area (TPSA) is 53.4 Å². The number of fused-ring (bicyclic) bond motifs is 1. The zero-order valence-corrected chi connectivity index (χ0v) is 12.2. The van der Waals surface area contributed by atoms with Crippen molar-refractivity contribution in [2.45, 2.75) is 32.2 Å². The van der Waals surface area contributed by atoms with Crippen LogP contribution >= 0.6 is 0 Å². The van der Waals surface area contributed by atoms with Crippen LogP contribution in [0, 0.1) is 5.92 Å². The summed E-state index contributed by atoms with van der Waals surface area (Å²) in [6.07, 6.45) is 4.59. The van der Waals surface area contributed by atoms with Crippen LogP contribution in [-0.4, -0.2) is 28.6 Å². The number of rotatable bonds is 3.